The predicted molar refractivity (Wildman–Crippen MR) is 96.8 cm³/mol. The van der Waals surface area contributed by atoms with Crippen molar-refractivity contribution in [3.8, 4) is 5.75 Å². The molecule has 1 saturated heterocycles. The van der Waals surface area contributed by atoms with Gasteiger partial charge in [-0.1, -0.05) is 19.8 Å². The molecule has 136 valence electrons. The highest BCUT2D eigenvalue weighted by Crippen LogP contribution is 2.25. The summed E-state index contributed by atoms with van der Waals surface area (Å²) in [7, 11) is 1.61. The van der Waals surface area contributed by atoms with Gasteiger partial charge in [0.2, 0.25) is 5.91 Å². The smallest absolute Gasteiger partial charge is 0.315 e. The summed E-state index contributed by atoms with van der Waals surface area (Å²) < 4.78 is 5.14. The van der Waals surface area contributed by atoms with Crippen molar-refractivity contribution in [3.63, 3.8) is 0 Å². The number of hydrogen-bond acceptors (Lipinski definition) is 3. The first kappa shape index (κ1) is 17.6. The number of rotatable bonds is 4. The molecule has 0 radical (unpaired) electrons. The maximum atomic E-state index is 12.3. The molecule has 0 unspecified atom stereocenters. The van der Waals surface area contributed by atoms with Gasteiger partial charge in [-0.3, -0.25) is 4.79 Å². The van der Waals surface area contributed by atoms with Gasteiger partial charge >= 0.3 is 6.03 Å². The minimum Gasteiger partial charge on any atom is -0.497 e. The van der Waals surface area contributed by atoms with Gasteiger partial charge in [-0.15, -0.1) is 0 Å². The van der Waals surface area contributed by atoms with E-state index in [1.54, 1.807) is 12.0 Å². The van der Waals surface area contributed by atoms with Crippen molar-refractivity contribution in [2.75, 3.05) is 18.6 Å². The predicted octanol–water partition coefficient (Wildman–Crippen LogP) is 2.68. The Balaban J connectivity index is 1.54. The average molecular weight is 345 g/mol. The van der Waals surface area contributed by atoms with E-state index in [-0.39, 0.29) is 24.0 Å². The van der Waals surface area contributed by atoms with Gasteiger partial charge in [-0.05, 0) is 43.0 Å². The highest BCUT2D eigenvalue weighted by molar-refractivity contribution is 5.96. The number of anilines is 1. The molecule has 2 N–H and O–H groups in total. The molecule has 1 aromatic rings. The Morgan fingerprint density at radius 2 is 1.88 bits per heavy atom. The number of carbonyl (C=O) groups excluding carboxylic acids is 2. The summed E-state index contributed by atoms with van der Waals surface area (Å²) in [6.45, 7) is 2.69. The van der Waals surface area contributed by atoms with Gasteiger partial charge in [0.25, 0.3) is 0 Å². The molecule has 3 atom stereocenters. The van der Waals surface area contributed by atoms with E-state index in [2.05, 4.69) is 17.6 Å². The Morgan fingerprint density at radius 3 is 2.56 bits per heavy atom. The zero-order valence-corrected chi connectivity index (χ0v) is 15.0. The fourth-order valence-corrected chi connectivity index (χ4v) is 3.74. The van der Waals surface area contributed by atoms with Crippen molar-refractivity contribution in [2.45, 2.75) is 51.1 Å². The highest BCUT2D eigenvalue weighted by Gasteiger charge is 2.32. The highest BCUT2D eigenvalue weighted by atomic mass is 16.5. The summed E-state index contributed by atoms with van der Waals surface area (Å²) in [5.41, 5.74) is 0.830. The van der Waals surface area contributed by atoms with E-state index >= 15 is 0 Å². The SMILES string of the molecule is COc1ccc(N2C[C@H](NC(=O)N[C@H]3CCCC[C@H]3C)CC2=O)cc1. The van der Waals surface area contributed by atoms with Crippen LogP contribution in [0.1, 0.15) is 39.0 Å². The number of urea groups is 1. The van der Waals surface area contributed by atoms with Crippen molar-refractivity contribution in [2.24, 2.45) is 5.92 Å². The molecule has 0 spiro atoms. The summed E-state index contributed by atoms with van der Waals surface area (Å²) >= 11 is 0. The van der Waals surface area contributed by atoms with Crippen LogP contribution in [0.15, 0.2) is 24.3 Å². The Bertz CT molecular complexity index is 617. The molecule has 6 nitrogen and oxygen atoms in total. The quantitative estimate of drug-likeness (QED) is 0.881. The molecule has 1 aromatic carbocycles. The maximum Gasteiger partial charge on any atom is 0.315 e. The Hall–Kier alpha value is -2.24. The van der Waals surface area contributed by atoms with E-state index in [9.17, 15) is 9.59 Å². The van der Waals surface area contributed by atoms with Gasteiger partial charge in [0, 0.05) is 24.7 Å². The molecule has 1 saturated carbocycles. The molecule has 2 aliphatic rings. The third-order valence-electron chi connectivity index (χ3n) is 5.27. The van der Waals surface area contributed by atoms with E-state index in [1.807, 2.05) is 24.3 Å². The number of methoxy groups -OCH3 is 1. The number of carbonyl (C=O) groups is 2. The van der Waals surface area contributed by atoms with Crippen molar-refractivity contribution >= 4 is 17.6 Å². The summed E-state index contributed by atoms with van der Waals surface area (Å²) in [4.78, 5) is 26.3. The fraction of sp³-hybridized carbons (Fsp3) is 0.579. The van der Waals surface area contributed by atoms with Crippen LogP contribution in [0.4, 0.5) is 10.5 Å². The van der Waals surface area contributed by atoms with Gasteiger partial charge in [-0.25, -0.2) is 4.79 Å². The molecular formula is C19H27N3O3. The van der Waals surface area contributed by atoms with E-state index < -0.39 is 0 Å². The summed E-state index contributed by atoms with van der Waals surface area (Å²) in [6.07, 6.45) is 4.95. The first-order valence-corrected chi connectivity index (χ1v) is 9.08. The molecule has 3 rings (SSSR count). The lowest BCUT2D eigenvalue weighted by Gasteiger charge is -2.30. The summed E-state index contributed by atoms with van der Waals surface area (Å²) in [5.74, 6) is 1.30. The van der Waals surface area contributed by atoms with Crippen molar-refractivity contribution in [1.29, 1.82) is 0 Å². The normalized spacial score (nSPS) is 26.4. The van der Waals surface area contributed by atoms with Crippen LogP contribution in [0.3, 0.4) is 0 Å². The number of nitrogens with zero attached hydrogens (tertiary/aromatic N) is 1. The molecule has 3 amide bonds. The van der Waals surface area contributed by atoms with Crippen LogP contribution >= 0.6 is 0 Å². The second kappa shape index (κ2) is 7.76. The third-order valence-corrected chi connectivity index (χ3v) is 5.27. The van der Waals surface area contributed by atoms with Crippen LogP contribution in [0.25, 0.3) is 0 Å². The number of hydrogen-bond donors (Lipinski definition) is 2. The van der Waals surface area contributed by atoms with Crippen molar-refractivity contribution in [1.82, 2.24) is 10.6 Å². The van der Waals surface area contributed by atoms with Crippen molar-refractivity contribution in [3.05, 3.63) is 24.3 Å². The van der Waals surface area contributed by atoms with E-state index in [0.29, 0.717) is 18.9 Å². The summed E-state index contributed by atoms with van der Waals surface area (Å²) in [6, 6.07) is 7.32. The largest absolute Gasteiger partial charge is 0.497 e. The lowest BCUT2D eigenvalue weighted by Crippen LogP contribution is -2.49. The Kier molecular flexibility index (Phi) is 5.46. The molecule has 0 bridgehead atoms. The number of nitrogens with one attached hydrogen (secondary N) is 2. The van der Waals surface area contributed by atoms with E-state index in [1.165, 1.54) is 12.8 Å². The Labute approximate surface area is 148 Å². The van der Waals surface area contributed by atoms with Crippen LogP contribution in [-0.2, 0) is 4.79 Å². The van der Waals surface area contributed by atoms with Crippen LogP contribution in [0.2, 0.25) is 0 Å². The zero-order valence-electron chi connectivity index (χ0n) is 15.0. The topological polar surface area (TPSA) is 70.7 Å². The molecule has 25 heavy (non-hydrogen) atoms. The average Bonchev–Trinajstić information content (AvgIpc) is 2.97. The minimum absolute atomic E-state index is 0.0292. The molecule has 1 aliphatic heterocycles. The second-order valence-corrected chi connectivity index (χ2v) is 7.09. The fourth-order valence-electron chi connectivity index (χ4n) is 3.74. The second-order valence-electron chi connectivity index (χ2n) is 7.09. The van der Waals surface area contributed by atoms with Gasteiger partial charge in [0.05, 0.1) is 13.2 Å². The van der Waals surface area contributed by atoms with Gasteiger partial charge < -0.3 is 20.3 Å². The lowest BCUT2D eigenvalue weighted by molar-refractivity contribution is -0.117. The number of benzene rings is 1. The number of amides is 3. The Morgan fingerprint density at radius 1 is 1.16 bits per heavy atom. The van der Waals surface area contributed by atoms with Crippen LogP contribution < -0.4 is 20.3 Å². The third kappa shape index (κ3) is 4.24. The molecule has 0 aromatic heterocycles. The molecule has 2 fully saturated rings. The summed E-state index contributed by atoms with van der Waals surface area (Å²) in [5, 5.41) is 6.05. The molecular weight excluding hydrogens is 318 g/mol. The maximum absolute atomic E-state index is 12.3. The van der Waals surface area contributed by atoms with Gasteiger partial charge in [0.15, 0.2) is 0 Å². The monoisotopic (exact) mass is 345 g/mol. The minimum atomic E-state index is -0.159. The van der Waals surface area contributed by atoms with Crippen LogP contribution in [0, 0.1) is 5.92 Å². The van der Waals surface area contributed by atoms with E-state index in [4.69, 9.17) is 4.74 Å². The first-order valence-electron chi connectivity index (χ1n) is 9.08. The molecule has 1 aliphatic carbocycles. The first-order chi connectivity index (χ1) is 12.1. The van der Waals surface area contributed by atoms with Crippen LogP contribution in [-0.4, -0.2) is 37.7 Å². The standard InChI is InChI=1S/C19H27N3O3/c1-13-5-3-4-6-17(13)21-19(24)20-14-11-18(23)22(12-14)15-7-9-16(25-2)10-8-15/h7-10,13-14,17H,3-6,11-12H2,1-2H3,(H2,20,21,24)/t13-,14-,17+/m1/s1. The van der Waals surface area contributed by atoms with Crippen molar-refractivity contribution < 1.29 is 14.3 Å². The van der Waals surface area contributed by atoms with Gasteiger partial charge in [0.1, 0.15) is 5.75 Å². The lowest BCUT2D eigenvalue weighted by atomic mass is 9.86. The molecule has 1 heterocycles. The van der Waals surface area contributed by atoms with E-state index in [0.717, 1.165) is 24.3 Å². The zero-order chi connectivity index (χ0) is 17.8. The molecule has 6 heteroatoms. The van der Waals surface area contributed by atoms with Gasteiger partial charge in [-0.2, -0.15) is 0 Å². The van der Waals surface area contributed by atoms with Crippen LogP contribution in [0.5, 0.6) is 5.75 Å². The number of ether oxygens (including phenoxy) is 1.